The zero-order valence-electron chi connectivity index (χ0n) is 11.1. The number of piperidine rings is 1. The van der Waals surface area contributed by atoms with Crippen molar-refractivity contribution in [3.05, 3.63) is 0 Å². The molecule has 1 aliphatic carbocycles. The van der Waals surface area contributed by atoms with E-state index in [2.05, 4.69) is 17.1 Å². The highest BCUT2D eigenvalue weighted by molar-refractivity contribution is 5.76. The molecule has 3 heteroatoms. The van der Waals surface area contributed by atoms with Crippen LogP contribution in [0.4, 0.5) is 0 Å². The van der Waals surface area contributed by atoms with Gasteiger partial charge in [0, 0.05) is 25.0 Å². The first-order chi connectivity index (χ1) is 8.31. The molecule has 1 atom stereocenters. The molecule has 0 aromatic rings. The van der Waals surface area contributed by atoms with Crippen molar-refractivity contribution in [1.82, 2.24) is 10.2 Å². The van der Waals surface area contributed by atoms with Gasteiger partial charge in [-0.1, -0.05) is 13.3 Å². The normalized spacial score (nSPS) is 24.6. The van der Waals surface area contributed by atoms with Gasteiger partial charge < -0.3 is 10.2 Å². The first kappa shape index (κ1) is 12.9. The van der Waals surface area contributed by atoms with Crippen LogP contribution >= 0.6 is 0 Å². The van der Waals surface area contributed by atoms with Crippen LogP contribution in [-0.4, -0.2) is 36.0 Å². The molecule has 1 amide bonds. The number of hydrogen-bond donors (Lipinski definition) is 1. The van der Waals surface area contributed by atoms with E-state index in [-0.39, 0.29) is 0 Å². The van der Waals surface area contributed by atoms with Crippen LogP contribution in [0.5, 0.6) is 0 Å². The minimum Gasteiger partial charge on any atom is -0.340 e. The van der Waals surface area contributed by atoms with Crippen LogP contribution in [0.1, 0.15) is 58.3 Å². The summed E-state index contributed by atoms with van der Waals surface area (Å²) in [5.41, 5.74) is 0. The fourth-order valence-corrected chi connectivity index (χ4v) is 2.75. The third-order valence-corrected chi connectivity index (χ3v) is 3.89. The van der Waals surface area contributed by atoms with Crippen LogP contribution in [0, 0.1) is 0 Å². The average Bonchev–Trinajstić information content (AvgIpc) is 3.18. The summed E-state index contributed by atoms with van der Waals surface area (Å²) >= 11 is 0. The van der Waals surface area contributed by atoms with Gasteiger partial charge in [0.05, 0.1) is 0 Å². The molecule has 2 fully saturated rings. The van der Waals surface area contributed by atoms with E-state index >= 15 is 0 Å². The van der Waals surface area contributed by atoms with Gasteiger partial charge in [-0.2, -0.15) is 0 Å². The predicted octanol–water partition coefficient (Wildman–Crippen LogP) is 2.31. The lowest BCUT2D eigenvalue weighted by Gasteiger charge is -2.26. The van der Waals surface area contributed by atoms with Crippen molar-refractivity contribution >= 4 is 5.91 Å². The predicted molar refractivity (Wildman–Crippen MR) is 69.9 cm³/mol. The van der Waals surface area contributed by atoms with Gasteiger partial charge in [-0.25, -0.2) is 0 Å². The fraction of sp³-hybridized carbons (Fsp3) is 0.929. The zero-order chi connectivity index (χ0) is 12.1. The molecule has 0 aromatic heterocycles. The SMILES string of the molecule is CCCN(C(=O)CCC1CCCCN1)C1CC1. The fourth-order valence-electron chi connectivity index (χ4n) is 2.75. The molecule has 1 unspecified atom stereocenters. The molecule has 1 N–H and O–H groups in total. The number of carbonyl (C=O) groups excluding carboxylic acids is 1. The summed E-state index contributed by atoms with van der Waals surface area (Å²) in [5, 5.41) is 3.52. The maximum atomic E-state index is 12.2. The van der Waals surface area contributed by atoms with Gasteiger partial charge in [0.15, 0.2) is 0 Å². The Labute approximate surface area is 105 Å². The molecule has 0 aromatic carbocycles. The Hall–Kier alpha value is -0.570. The van der Waals surface area contributed by atoms with Crippen molar-refractivity contribution in [2.75, 3.05) is 13.1 Å². The quantitative estimate of drug-likeness (QED) is 0.770. The van der Waals surface area contributed by atoms with Crippen LogP contribution in [0.25, 0.3) is 0 Å². The Morgan fingerprint density at radius 3 is 2.71 bits per heavy atom. The molecule has 0 bridgehead atoms. The van der Waals surface area contributed by atoms with E-state index in [1.54, 1.807) is 0 Å². The highest BCUT2D eigenvalue weighted by atomic mass is 16.2. The molecule has 2 aliphatic rings. The monoisotopic (exact) mass is 238 g/mol. The van der Waals surface area contributed by atoms with Gasteiger partial charge in [-0.05, 0) is 45.1 Å². The lowest BCUT2D eigenvalue weighted by Crippen LogP contribution is -2.37. The van der Waals surface area contributed by atoms with Crippen molar-refractivity contribution < 1.29 is 4.79 Å². The molecular weight excluding hydrogens is 212 g/mol. The standard InChI is InChI=1S/C14H26N2O/c1-2-11-16(13-7-8-13)14(17)9-6-12-5-3-4-10-15-12/h12-13,15H,2-11H2,1H3. The lowest BCUT2D eigenvalue weighted by molar-refractivity contribution is -0.132. The lowest BCUT2D eigenvalue weighted by atomic mass is 10.0. The van der Waals surface area contributed by atoms with Gasteiger partial charge >= 0.3 is 0 Å². The molecule has 1 saturated heterocycles. The smallest absolute Gasteiger partial charge is 0.222 e. The number of nitrogens with one attached hydrogen (secondary N) is 1. The van der Waals surface area contributed by atoms with E-state index in [9.17, 15) is 4.79 Å². The van der Waals surface area contributed by atoms with Crippen molar-refractivity contribution in [1.29, 1.82) is 0 Å². The van der Waals surface area contributed by atoms with E-state index in [4.69, 9.17) is 0 Å². The van der Waals surface area contributed by atoms with Crippen LogP contribution in [0.3, 0.4) is 0 Å². The van der Waals surface area contributed by atoms with E-state index in [1.807, 2.05) is 0 Å². The second-order valence-corrected chi connectivity index (χ2v) is 5.50. The molecule has 98 valence electrons. The highest BCUT2D eigenvalue weighted by Gasteiger charge is 2.31. The van der Waals surface area contributed by atoms with Gasteiger partial charge in [-0.15, -0.1) is 0 Å². The summed E-state index contributed by atoms with van der Waals surface area (Å²) in [6.07, 6.45) is 9.21. The van der Waals surface area contributed by atoms with E-state index in [0.29, 0.717) is 18.0 Å². The number of hydrogen-bond acceptors (Lipinski definition) is 2. The number of rotatable bonds is 6. The Balaban J connectivity index is 1.70. The Morgan fingerprint density at radius 1 is 1.29 bits per heavy atom. The summed E-state index contributed by atoms with van der Waals surface area (Å²) < 4.78 is 0. The number of nitrogens with zero attached hydrogens (tertiary/aromatic N) is 1. The number of carbonyl (C=O) groups is 1. The molecule has 3 nitrogen and oxygen atoms in total. The van der Waals surface area contributed by atoms with E-state index < -0.39 is 0 Å². The maximum Gasteiger partial charge on any atom is 0.222 e. The van der Waals surface area contributed by atoms with E-state index in [0.717, 1.165) is 32.4 Å². The van der Waals surface area contributed by atoms with Crippen LogP contribution in [0.15, 0.2) is 0 Å². The number of amides is 1. The largest absolute Gasteiger partial charge is 0.340 e. The second-order valence-electron chi connectivity index (χ2n) is 5.50. The molecular formula is C14H26N2O. The first-order valence-electron chi connectivity index (χ1n) is 7.34. The molecule has 17 heavy (non-hydrogen) atoms. The van der Waals surface area contributed by atoms with Crippen molar-refractivity contribution in [2.24, 2.45) is 0 Å². The van der Waals surface area contributed by atoms with Gasteiger partial charge in [0.25, 0.3) is 0 Å². The van der Waals surface area contributed by atoms with Crippen molar-refractivity contribution in [2.45, 2.75) is 70.4 Å². The zero-order valence-corrected chi connectivity index (χ0v) is 11.1. The third kappa shape index (κ3) is 3.98. The van der Waals surface area contributed by atoms with Crippen LogP contribution < -0.4 is 5.32 Å². The summed E-state index contributed by atoms with van der Waals surface area (Å²) in [5.74, 6) is 0.390. The van der Waals surface area contributed by atoms with Gasteiger partial charge in [0.1, 0.15) is 0 Å². The van der Waals surface area contributed by atoms with Crippen molar-refractivity contribution in [3.8, 4) is 0 Å². The highest BCUT2D eigenvalue weighted by Crippen LogP contribution is 2.28. The molecule has 2 rings (SSSR count). The summed E-state index contributed by atoms with van der Waals surface area (Å²) in [7, 11) is 0. The minimum absolute atomic E-state index is 0.390. The van der Waals surface area contributed by atoms with E-state index in [1.165, 1.54) is 32.1 Å². The Morgan fingerprint density at radius 2 is 2.12 bits per heavy atom. The molecule has 0 spiro atoms. The van der Waals surface area contributed by atoms with Crippen molar-refractivity contribution in [3.63, 3.8) is 0 Å². The van der Waals surface area contributed by atoms with Crippen LogP contribution in [0.2, 0.25) is 0 Å². The molecule has 0 radical (unpaired) electrons. The maximum absolute atomic E-state index is 12.2. The Kier molecular flexibility index (Phi) is 4.84. The first-order valence-corrected chi connectivity index (χ1v) is 7.34. The Bertz CT molecular complexity index is 245. The van der Waals surface area contributed by atoms with Crippen LogP contribution in [-0.2, 0) is 4.79 Å². The molecule has 1 saturated carbocycles. The van der Waals surface area contributed by atoms with Gasteiger partial charge in [-0.3, -0.25) is 4.79 Å². The molecule has 1 heterocycles. The summed E-state index contributed by atoms with van der Waals surface area (Å²) in [4.78, 5) is 14.3. The molecule has 1 aliphatic heterocycles. The summed E-state index contributed by atoms with van der Waals surface area (Å²) in [6.45, 7) is 4.26. The second kappa shape index (κ2) is 6.39. The topological polar surface area (TPSA) is 32.3 Å². The summed E-state index contributed by atoms with van der Waals surface area (Å²) in [6, 6.07) is 1.18. The average molecular weight is 238 g/mol. The van der Waals surface area contributed by atoms with Gasteiger partial charge in [0.2, 0.25) is 5.91 Å². The third-order valence-electron chi connectivity index (χ3n) is 3.89. The minimum atomic E-state index is 0.390.